The van der Waals surface area contributed by atoms with Crippen molar-refractivity contribution in [1.82, 2.24) is 5.32 Å². The quantitative estimate of drug-likeness (QED) is 0.569. The van der Waals surface area contributed by atoms with Crippen LogP contribution in [0.5, 0.6) is 0 Å². The van der Waals surface area contributed by atoms with Crippen LogP contribution in [-0.4, -0.2) is 19.8 Å². The van der Waals surface area contributed by atoms with E-state index in [-0.39, 0.29) is 5.41 Å². The smallest absolute Gasteiger partial charge is 0.0591 e. The second-order valence-corrected chi connectivity index (χ2v) is 5.81. The van der Waals surface area contributed by atoms with Gasteiger partial charge in [0, 0.05) is 13.1 Å². The van der Waals surface area contributed by atoms with Crippen LogP contribution in [-0.2, 0) is 16.7 Å². The molecule has 0 bridgehead atoms. The van der Waals surface area contributed by atoms with Crippen LogP contribution in [0.4, 0.5) is 0 Å². The van der Waals surface area contributed by atoms with E-state index in [1.165, 1.54) is 11.1 Å². The van der Waals surface area contributed by atoms with Gasteiger partial charge in [0.2, 0.25) is 0 Å². The lowest BCUT2D eigenvalue weighted by molar-refractivity contribution is 0.140. The lowest BCUT2D eigenvalue weighted by Crippen LogP contribution is -2.19. The van der Waals surface area contributed by atoms with Gasteiger partial charge in [-0.25, -0.2) is 0 Å². The molecule has 0 saturated heterocycles. The molecule has 2 heteroatoms. The first kappa shape index (κ1) is 15.9. The fraction of sp³-hybridized carbons (Fsp3) is 0.529. The molecule has 0 fully saturated rings. The van der Waals surface area contributed by atoms with E-state index in [4.69, 9.17) is 4.74 Å². The lowest BCUT2D eigenvalue weighted by Gasteiger charge is -2.19. The third kappa shape index (κ3) is 6.55. The average molecular weight is 261 g/mol. The van der Waals surface area contributed by atoms with E-state index in [9.17, 15) is 0 Å². The summed E-state index contributed by atoms with van der Waals surface area (Å²) in [5.74, 6) is 0. The number of nitrogens with one attached hydrogen (secondary N) is 1. The average Bonchev–Trinajstić information content (AvgIpc) is 2.37. The van der Waals surface area contributed by atoms with Crippen molar-refractivity contribution in [2.24, 2.45) is 0 Å². The number of hydrogen-bond acceptors (Lipinski definition) is 2. The minimum absolute atomic E-state index is 0.227. The zero-order valence-electron chi connectivity index (χ0n) is 12.5. The summed E-state index contributed by atoms with van der Waals surface area (Å²) in [7, 11) is 0. The first-order chi connectivity index (χ1) is 9.04. The van der Waals surface area contributed by atoms with Crippen molar-refractivity contribution in [3.05, 3.63) is 48.0 Å². The predicted molar refractivity (Wildman–Crippen MR) is 82.5 cm³/mol. The molecule has 2 nitrogen and oxygen atoms in total. The second-order valence-electron chi connectivity index (χ2n) is 5.81. The van der Waals surface area contributed by atoms with Crippen molar-refractivity contribution in [2.45, 2.75) is 39.2 Å². The van der Waals surface area contributed by atoms with Crippen LogP contribution in [0, 0.1) is 0 Å². The molecule has 1 aromatic carbocycles. The Kier molecular flexibility index (Phi) is 6.82. The summed E-state index contributed by atoms with van der Waals surface area (Å²) in [6.07, 6.45) is 2.80. The summed E-state index contributed by atoms with van der Waals surface area (Å²) < 4.78 is 5.44. The molecule has 0 aromatic heterocycles. The number of benzene rings is 1. The van der Waals surface area contributed by atoms with Crippen LogP contribution >= 0.6 is 0 Å². The Balaban J connectivity index is 2.21. The van der Waals surface area contributed by atoms with Gasteiger partial charge in [0.25, 0.3) is 0 Å². The van der Waals surface area contributed by atoms with Crippen molar-refractivity contribution in [3.8, 4) is 0 Å². The van der Waals surface area contributed by atoms with E-state index in [1.54, 1.807) is 0 Å². The minimum atomic E-state index is 0.227. The van der Waals surface area contributed by atoms with Crippen molar-refractivity contribution in [1.29, 1.82) is 0 Å². The van der Waals surface area contributed by atoms with Crippen molar-refractivity contribution >= 4 is 0 Å². The van der Waals surface area contributed by atoms with E-state index in [2.05, 4.69) is 56.9 Å². The van der Waals surface area contributed by atoms with Crippen LogP contribution in [0.25, 0.3) is 0 Å². The van der Waals surface area contributed by atoms with E-state index in [1.807, 2.05) is 6.08 Å². The maximum Gasteiger partial charge on any atom is 0.0591 e. The van der Waals surface area contributed by atoms with Crippen molar-refractivity contribution in [2.75, 3.05) is 19.8 Å². The molecule has 0 aliphatic rings. The van der Waals surface area contributed by atoms with Gasteiger partial charge in [-0.15, -0.1) is 6.58 Å². The molecular weight excluding hydrogens is 234 g/mol. The van der Waals surface area contributed by atoms with Gasteiger partial charge in [0.05, 0.1) is 13.2 Å². The predicted octanol–water partition coefficient (Wildman–Crippen LogP) is 3.67. The van der Waals surface area contributed by atoms with Crippen molar-refractivity contribution < 1.29 is 4.74 Å². The minimum Gasteiger partial charge on any atom is -0.380 e. The zero-order valence-corrected chi connectivity index (χ0v) is 12.5. The number of ether oxygens (including phenoxy) is 1. The van der Waals surface area contributed by atoms with Crippen LogP contribution in [0.3, 0.4) is 0 Å². The van der Waals surface area contributed by atoms with Gasteiger partial charge < -0.3 is 10.1 Å². The summed E-state index contributed by atoms with van der Waals surface area (Å²) in [5, 5.41) is 3.39. The molecule has 1 N–H and O–H groups in total. The van der Waals surface area contributed by atoms with Gasteiger partial charge in [-0.1, -0.05) is 51.1 Å². The molecule has 0 saturated carbocycles. The highest BCUT2D eigenvalue weighted by Gasteiger charge is 2.12. The van der Waals surface area contributed by atoms with Gasteiger partial charge in [0.15, 0.2) is 0 Å². The standard InChI is InChI=1S/C17H27NO/c1-5-6-12-19-13-11-18-14-15-7-9-16(10-8-15)17(2,3)4/h5,7-10,18H,1,6,11-14H2,2-4H3. The Morgan fingerprint density at radius 3 is 2.42 bits per heavy atom. The SMILES string of the molecule is C=CCCOCCNCc1ccc(C(C)(C)C)cc1. The third-order valence-electron chi connectivity index (χ3n) is 3.04. The van der Waals surface area contributed by atoms with Crippen LogP contribution in [0.15, 0.2) is 36.9 Å². The Morgan fingerprint density at radius 1 is 1.16 bits per heavy atom. The molecule has 106 valence electrons. The van der Waals surface area contributed by atoms with Gasteiger partial charge in [0.1, 0.15) is 0 Å². The third-order valence-corrected chi connectivity index (χ3v) is 3.04. The Bertz CT molecular complexity index is 362. The molecule has 0 amide bonds. The highest BCUT2D eigenvalue weighted by molar-refractivity contribution is 5.27. The molecule has 0 atom stereocenters. The van der Waals surface area contributed by atoms with E-state index in [0.717, 1.165) is 32.7 Å². The molecule has 0 heterocycles. The zero-order chi connectivity index (χ0) is 14.1. The topological polar surface area (TPSA) is 21.3 Å². The molecular formula is C17H27NO. The summed E-state index contributed by atoms with van der Waals surface area (Å²) in [4.78, 5) is 0. The molecule has 0 aliphatic carbocycles. The van der Waals surface area contributed by atoms with Crippen molar-refractivity contribution in [3.63, 3.8) is 0 Å². The number of hydrogen-bond donors (Lipinski definition) is 1. The maximum atomic E-state index is 5.44. The Labute approximate surface area is 117 Å². The summed E-state index contributed by atoms with van der Waals surface area (Å²) in [6, 6.07) is 8.84. The molecule has 0 spiro atoms. The van der Waals surface area contributed by atoms with Gasteiger partial charge in [-0.2, -0.15) is 0 Å². The van der Waals surface area contributed by atoms with E-state index < -0.39 is 0 Å². The Morgan fingerprint density at radius 2 is 1.84 bits per heavy atom. The second kappa shape index (κ2) is 8.13. The first-order valence-corrected chi connectivity index (χ1v) is 7.03. The summed E-state index contributed by atoms with van der Waals surface area (Å²) in [6.45, 7) is 13.7. The van der Waals surface area contributed by atoms with E-state index >= 15 is 0 Å². The number of rotatable bonds is 8. The summed E-state index contributed by atoms with van der Waals surface area (Å²) >= 11 is 0. The van der Waals surface area contributed by atoms with Crippen LogP contribution in [0.2, 0.25) is 0 Å². The highest BCUT2D eigenvalue weighted by atomic mass is 16.5. The fourth-order valence-corrected chi connectivity index (χ4v) is 1.77. The fourth-order valence-electron chi connectivity index (χ4n) is 1.77. The molecule has 19 heavy (non-hydrogen) atoms. The normalized spacial score (nSPS) is 11.5. The molecule has 0 radical (unpaired) electrons. The Hall–Kier alpha value is -1.12. The largest absolute Gasteiger partial charge is 0.380 e. The highest BCUT2D eigenvalue weighted by Crippen LogP contribution is 2.21. The molecule has 0 aliphatic heterocycles. The monoisotopic (exact) mass is 261 g/mol. The lowest BCUT2D eigenvalue weighted by atomic mass is 9.87. The van der Waals surface area contributed by atoms with Crippen LogP contribution in [0.1, 0.15) is 38.3 Å². The van der Waals surface area contributed by atoms with E-state index in [0.29, 0.717) is 0 Å². The molecule has 0 unspecified atom stereocenters. The van der Waals surface area contributed by atoms with Gasteiger partial charge in [-0.3, -0.25) is 0 Å². The van der Waals surface area contributed by atoms with Gasteiger partial charge >= 0.3 is 0 Å². The first-order valence-electron chi connectivity index (χ1n) is 7.03. The maximum absolute atomic E-state index is 5.44. The summed E-state index contributed by atoms with van der Waals surface area (Å²) in [5.41, 5.74) is 2.92. The molecule has 1 aromatic rings. The molecule has 1 rings (SSSR count). The van der Waals surface area contributed by atoms with Crippen LogP contribution < -0.4 is 5.32 Å². The van der Waals surface area contributed by atoms with Gasteiger partial charge in [-0.05, 0) is 23.0 Å².